The SMILES string of the molecule is COc1nc(Nc2ncc(F)c(-c3ccc(OC4CCN(C(=O)CO)CC4(F)F)c(C#N)c3)n2)ccc1N1CCN(C2COC2)CC1. The summed E-state index contributed by atoms with van der Waals surface area (Å²) in [7, 11) is 1.53. The number of aliphatic hydroxyl groups excluding tert-OH is 1. The van der Waals surface area contributed by atoms with Gasteiger partial charge in [0.1, 0.15) is 35.6 Å². The van der Waals surface area contributed by atoms with Crippen molar-refractivity contribution in [2.45, 2.75) is 24.5 Å². The number of aliphatic hydroxyl groups is 1. The Hall–Kier alpha value is -4.72. The quantitative estimate of drug-likeness (QED) is 0.349. The Kier molecular flexibility index (Phi) is 9.30. The smallest absolute Gasteiger partial charge is 0.301 e. The number of methoxy groups -OCH3 is 1. The number of carbonyl (C=O) groups excluding carboxylic acids is 1. The Bertz CT molecular complexity index is 1660. The summed E-state index contributed by atoms with van der Waals surface area (Å²) in [4.78, 5) is 30.0. The predicted octanol–water partition coefficient (Wildman–Crippen LogP) is 2.43. The minimum atomic E-state index is -3.43. The highest BCUT2D eigenvalue weighted by Crippen LogP contribution is 2.35. The van der Waals surface area contributed by atoms with Crippen molar-refractivity contribution in [3.8, 4) is 29.0 Å². The van der Waals surface area contributed by atoms with Gasteiger partial charge in [0.15, 0.2) is 11.9 Å². The number of nitriles is 1. The van der Waals surface area contributed by atoms with Crippen LogP contribution in [-0.4, -0.2) is 120 Å². The van der Waals surface area contributed by atoms with Gasteiger partial charge in [-0.3, -0.25) is 9.69 Å². The van der Waals surface area contributed by atoms with E-state index in [1.165, 1.54) is 25.3 Å². The standard InChI is InChI=1S/C31H33F3N8O5/c1-45-29-23(41-10-8-40(9-11-41)21-16-46-17-21)3-5-26(37-29)38-30-36-14-22(32)28(39-30)19-2-4-24(20(12-19)13-35)47-25-6-7-42(27(44)15-43)18-31(25,33)34/h2-5,12,14,21,25,43H,6-11,15-18H2,1H3,(H,36,37,38,39). The fourth-order valence-electron chi connectivity index (χ4n) is 5.80. The molecule has 5 heterocycles. The van der Waals surface area contributed by atoms with Crippen LogP contribution in [-0.2, 0) is 9.53 Å². The Morgan fingerprint density at radius 2 is 1.96 bits per heavy atom. The van der Waals surface area contributed by atoms with Crippen molar-refractivity contribution >= 4 is 23.4 Å². The molecule has 13 nitrogen and oxygen atoms in total. The van der Waals surface area contributed by atoms with Gasteiger partial charge in [-0.1, -0.05) is 0 Å². The Balaban J connectivity index is 1.15. The van der Waals surface area contributed by atoms with Crippen LogP contribution in [0.15, 0.2) is 36.5 Å². The minimum absolute atomic E-state index is 0.0303. The Morgan fingerprint density at radius 3 is 2.62 bits per heavy atom. The van der Waals surface area contributed by atoms with E-state index in [1.54, 1.807) is 6.07 Å². The summed E-state index contributed by atoms with van der Waals surface area (Å²) in [6.45, 7) is 3.15. The van der Waals surface area contributed by atoms with Crippen LogP contribution in [0, 0.1) is 17.1 Å². The van der Waals surface area contributed by atoms with E-state index in [-0.39, 0.29) is 41.5 Å². The average Bonchev–Trinajstić information content (AvgIpc) is 3.05. The number of pyridine rings is 1. The van der Waals surface area contributed by atoms with Gasteiger partial charge in [-0.2, -0.15) is 10.2 Å². The third-order valence-electron chi connectivity index (χ3n) is 8.47. The van der Waals surface area contributed by atoms with Crippen LogP contribution >= 0.6 is 0 Å². The van der Waals surface area contributed by atoms with Crippen molar-refractivity contribution in [3.05, 3.63) is 47.9 Å². The number of halogens is 3. The molecule has 1 amide bonds. The second-order valence-electron chi connectivity index (χ2n) is 11.4. The second-order valence-corrected chi connectivity index (χ2v) is 11.4. The second kappa shape index (κ2) is 13.6. The normalized spacial score (nSPS) is 19.9. The van der Waals surface area contributed by atoms with Crippen molar-refractivity contribution in [3.63, 3.8) is 0 Å². The highest BCUT2D eigenvalue weighted by Gasteiger charge is 2.47. The molecule has 0 saturated carbocycles. The number of nitrogens with zero attached hydrogens (tertiary/aromatic N) is 7. The molecule has 2 aromatic heterocycles. The summed E-state index contributed by atoms with van der Waals surface area (Å²) in [6, 6.07) is 10.0. The maximum atomic E-state index is 14.9. The number of likely N-dealkylation sites (tertiary alicyclic amines) is 1. The van der Waals surface area contributed by atoms with E-state index in [0.717, 1.165) is 56.2 Å². The summed E-state index contributed by atoms with van der Waals surface area (Å²) >= 11 is 0. The highest BCUT2D eigenvalue weighted by molar-refractivity contribution is 5.77. The molecular formula is C31H33F3N8O5. The van der Waals surface area contributed by atoms with Crippen molar-refractivity contribution < 1.29 is 37.3 Å². The summed E-state index contributed by atoms with van der Waals surface area (Å²) in [5, 5.41) is 21.7. The van der Waals surface area contributed by atoms with Crippen molar-refractivity contribution in [2.75, 3.05) is 76.4 Å². The molecule has 1 unspecified atom stereocenters. The third-order valence-corrected chi connectivity index (χ3v) is 8.47. The molecule has 1 aromatic carbocycles. The Labute approximate surface area is 268 Å². The van der Waals surface area contributed by atoms with Crippen LogP contribution in [0.1, 0.15) is 12.0 Å². The molecule has 0 spiro atoms. The molecular weight excluding hydrogens is 621 g/mol. The lowest BCUT2D eigenvalue weighted by Crippen LogP contribution is -2.56. The van der Waals surface area contributed by atoms with E-state index in [0.29, 0.717) is 17.7 Å². The van der Waals surface area contributed by atoms with Gasteiger partial charge in [0, 0.05) is 44.7 Å². The van der Waals surface area contributed by atoms with Crippen LogP contribution in [0.2, 0.25) is 0 Å². The van der Waals surface area contributed by atoms with Crippen LogP contribution in [0.25, 0.3) is 11.3 Å². The fraction of sp³-hybridized carbons (Fsp3) is 0.452. The van der Waals surface area contributed by atoms with E-state index in [4.69, 9.17) is 19.3 Å². The van der Waals surface area contributed by atoms with Crippen LogP contribution < -0.4 is 19.7 Å². The molecule has 1 atom stereocenters. The molecule has 3 aromatic rings. The van der Waals surface area contributed by atoms with Gasteiger partial charge in [-0.05, 0) is 30.3 Å². The number of piperidine rings is 1. The largest absolute Gasteiger partial charge is 0.483 e. The zero-order chi connectivity index (χ0) is 33.1. The molecule has 3 aliphatic heterocycles. The number of hydrogen-bond donors (Lipinski definition) is 2. The first-order chi connectivity index (χ1) is 22.7. The first-order valence-corrected chi connectivity index (χ1v) is 15.1. The molecule has 3 saturated heterocycles. The van der Waals surface area contributed by atoms with Gasteiger partial charge in [0.2, 0.25) is 17.7 Å². The number of aromatic nitrogens is 3. The van der Waals surface area contributed by atoms with Crippen LogP contribution in [0.3, 0.4) is 0 Å². The van der Waals surface area contributed by atoms with Gasteiger partial charge in [-0.25, -0.2) is 23.1 Å². The lowest BCUT2D eigenvalue weighted by atomic mass is 10.0. The number of alkyl halides is 2. The van der Waals surface area contributed by atoms with Crippen molar-refractivity contribution in [2.24, 2.45) is 0 Å². The molecule has 2 N–H and O–H groups in total. The van der Waals surface area contributed by atoms with E-state index in [1.807, 2.05) is 12.1 Å². The van der Waals surface area contributed by atoms with E-state index < -0.39 is 36.9 Å². The summed E-state index contributed by atoms with van der Waals surface area (Å²) in [6.07, 6.45) is -0.854. The molecule has 0 aliphatic carbocycles. The number of rotatable bonds is 9. The summed E-state index contributed by atoms with van der Waals surface area (Å²) in [5.41, 5.74) is 0.797. The third kappa shape index (κ3) is 6.87. The zero-order valence-corrected chi connectivity index (χ0v) is 25.5. The molecule has 0 radical (unpaired) electrons. The lowest BCUT2D eigenvalue weighted by molar-refractivity contribution is -0.161. The Morgan fingerprint density at radius 1 is 1.17 bits per heavy atom. The van der Waals surface area contributed by atoms with Gasteiger partial charge < -0.3 is 34.4 Å². The molecule has 248 valence electrons. The topological polar surface area (TPSA) is 149 Å². The molecule has 6 rings (SSSR count). The first kappa shape index (κ1) is 32.2. The van der Waals surface area contributed by atoms with E-state index in [2.05, 4.69) is 30.1 Å². The number of anilines is 3. The summed E-state index contributed by atoms with van der Waals surface area (Å²) in [5.74, 6) is -4.32. The monoisotopic (exact) mass is 654 g/mol. The van der Waals surface area contributed by atoms with Crippen molar-refractivity contribution in [1.29, 1.82) is 5.26 Å². The summed E-state index contributed by atoms with van der Waals surface area (Å²) < 4.78 is 61.0. The number of carbonyl (C=O) groups is 1. The average molecular weight is 655 g/mol. The van der Waals surface area contributed by atoms with Gasteiger partial charge >= 0.3 is 5.92 Å². The fourth-order valence-corrected chi connectivity index (χ4v) is 5.80. The van der Waals surface area contributed by atoms with Gasteiger partial charge in [-0.15, -0.1) is 0 Å². The lowest BCUT2D eigenvalue weighted by Gasteiger charge is -2.43. The molecule has 3 fully saturated rings. The maximum absolute atomic E-state index is 14.9. The zero-order valence-electron chi connectivity index (χ0n) is 25.5. The predicted molar refractivity (Wildman–Crippen MR) is 162 cm³/mol. The molecule has 3 aliphatic rings. The van der Waals surface area contributed by atoms with Crippen LogP contribution in [0.5, 0.6) is 11.6 Å². The van der Waals surface area contributed by atoms with Gasteiger partial charge in [0.05, 0.1) is 44.7 Å². The number of ether oxygens (including phenoxy) is 3. The highest BCUT2D eigenvalue weighted by atomic mass is 19.3. The van der Waals surface area contributed by atoms with Crippen LogP contribution in [0.4, 0.5) is 30.6 Å². The maximum Gasteiger partial charge on any atom is 0.301 e. The number of nitrogens with one attached hydrogen (secondary N) is 1. The molecule has 0 bridgehead atoms. The number of hydrogen-bond acceptors (Lipinski definition) is 12. The van der Waals surface area contributed by atoms with E-state index in [9.17, 15) is 23.2 Å². The first-order valence-electron chi connectivity index (χ1n) is 15.1. The van der Waals surface area contributed by atoms with E-state index >= 15 is 0 Å². The molecule has 47 heavy (non-hydrogen) atoms. The number of benzene rings is 1. The minimum Gasteiger partial charge on any atom is -0.483 e. The van der Waals surface area contributed by atoms with Crippen molar-refractivity contribution in [1.82, 2.24) is 24.8 Å². The molecule has 16 heteroatoms. The van der Waals surface area contributed by atoms with Gasteiger partial charge in [0.25, 0.3) is 0 Å². The number of amides is 1. The number of piperazine rings is 1.